The van der Waals surface area contributed by atoms with Crippen molar-refractivity contribution in [1.29, 1.82) is 0 Å². The minimum absolute atomic E-state index is 0.993. The fourth-order valence-corrected chi connectivity index (χ4v) is 1.04. The monoisotopic (exact) mass is 158 g/mol. The van der Waals surface area contributed by atoms with Crippen molar-refractivity contribution in [2.24, 2.45) is 0 Å². The van der Waals surface area contributed by atoms with E-state index in [1.807, 2.05) is 4.90 Å². The Bertz CT molecular complexity index is 83.3. The maximum atomic E-state index is 4.70. The zero-order chi connectivity index (χ0) is 7.82. The Morgan fingerprint density at radius 2 is 2.00 bits per heavy atom. The normalized spacial score (nSPS) is 9.40. The third-order valence-corrected chi connectivity index (χ3v) is 1.80. The van der Waals surface area contributed by atoms with E-state index in [0.717, 1.165) is 13.1 Å². The third kappa shape index (κ3) is 4.74. The van der Waals surface area contributed by atoms with Gasteiger partial charge in [-0.2, -0.15) is 0 Å². The molecule has 0 rings (SSSR count). The fraction of sp³-hybridized carbons (Fsp3) is 0.875. The highest BCUT2D eigenvalue weighted by atomic mass is 32.1. The second-order valence-corrected chi connectivity index (χ2v) is 2.56. The average molecular weight is 158 g/mol. The summed E-state index contributed by atoms with van der Waals surface area (Å²) in [6.07, 6.45) is 3.82. The molecule has 59 valence electrons. The molecule has 0 N–H and O–H groups in total. The molecule has 0 aliphatic heterocycles. The lowest BCUT2D eigenvalue weighted by molar-refractivity contribution is 0.439. The number of thiocarbonyl (C=S) groups is 1. The van der Waals surface area contributed by atoms with Gasteiger partial charge in [-0.1, -0.05) is 32.0 Å². The highest BCUT2D eigenvalue weighted by Gasteiger charge is 1.93. The molecule has 0 saturated carbocycles. The van der Waals surface area contributed by atoms with Gasteiger partial charge in [0, 0.05) is 13.1 Å². The molecule has 0 atom stereocenters. The van der Waals surface area contributed by atoms with Gasteiger partial charge in [0.2, 0.25) is 0 Å². The van der Waals surface area contributed by atoms with E-state index in [1.54, 1.807) is 0 Å². The van der Waals surface area contributed by atoms with Gasteiger partial charge in [-0.05, 0) is 13.3 Å². The summed E-state index contributed by atoms with van der Waals surface area (Å²) >= 11 is 4.70. The molecule has 10 heavy (non-hydrogen) atoms. The van der Waals surface area contributed by atoms with E-state index in [-0.39, 0.29) is 0 Å². The molecule has 0 aromatic carbocycles. The predicted octanol–water partition coefficient (Wildman–Crippen LogP) is 2.33. The van der Waals surface area contributed by atoms with Gasteiger partial charge >= 0.3 is 0 Å². The zero-order valence-electron chi connectivity index (χ0n) is 6.89. The van der Waals surface area contributed by atoms with Gasteiger partial charge in [0.25, 0.3) is 0 Å². The molecule has 0 amide bonds. The molecule has 0 bridgehead atoms. The van der Waals surface area contributed by atoms with Gasteiger partial charge in [0.15, 0.2) is 0 Å². The summed E-state index contributed by atoms with van der Waals surface area (Å²) in [6.45, 7) is 6.38. The van der Waals surface area contributed by atoms with Gasteiger partial charge in [-0.3, -0.25) is 0 Å². The van der Waals surface area contributed by atoms with Crippen LogP contribution < -0.4 is 0 Å². The second kappa shape index (κ2) is 7.00. The van der Waals surface area contributed by atoms with Crippen LogP contribution in [0.25, 0.3) is 0 Å². The lowest BCUT2D eigenvalue weighted by atomic mass is 10.2. The van der Waals surface area contributed by atoms with Crippen molar-refractivity contribution < 1.29 is 0 Å². The van der Waals surface area contributed by atoms with Crippen molar-refractivity contribution >= 4 is 17.7 Å². The Morgan fingerprint density at radius 3 is 2.40 bits per heavy atom. The molecular formula is C8H16NS. The molecule has 0 heterocycles. The summed E-state index contributed by atoms with van der Waals surface area (Å²) in [5.41, 5.74) is 2.73. The smallest absolute Gasteiger partial charge is 0.136 e. The summed E-state index contributed by atoms with van der Waals surface area (Å²) in [5, 5.41) is 0. The van der Waals surface area contributed by atoms with Crippen molar-refractivity contribution in [3.05, 3.63) is 0 Å². The van der Waals surface area contributed by atoms with E-state index < -0.39 is 0 Å². The summed E-state index contributed by atoms with van der Waals surface area (Å²) < 4.78 is 0. The average Bonchev–Trinajstić information content (AvgIpc) is 1.99. The Balaban J connectivity index is 3.17. The highest BCUT2D eigenvalue weighted by Crippen LogP contribution is 1.95. The maximum absolute atomic E-state index is 4.70. The van der Waals surface area contributed by atoms with Gasteiger partial charge in [0.05, 0.1) is 0 Å². The number of rotatable bonds is 6. The van der Waals surface area contributed by atoms with Crippen molar-refractivity contribution in [2.75, 3.05) is 13.1 Å². The second-order valence-electron chi connectivity index (χ2n) is 2.38. The van der Waals surface area contributed by atoms with Crippen molar-refractivity contribution in [2.45, 2.75) is 33.1 Å². The van der Waals surface area contributed by atoms with Crippen LogP contribution in [0.3, 0.4) is 0 Å². The van der Waals surface area contributed by atoms with Gasteiger partial charge in [-0.15, -0.1) is 0 Å². The first kappa shape index (κ1) is 9.89. The Kier molecular flexibility index (Phi) is 6.93. The zero-order valence-corrected chi connectivity index (χ0v) is 7.71. The molecule has 0 unspecified atom stereocenters. The molecule has 0 saturated heterocycles. The van der Waals surface area contributed by atoms with Crippen LogP contribution >= 0.6 is 12.2 Å². The highest BCUT2D eigenvalue weighted by molar-refractivity contribution is 7.78. The largest absolute Gasteiger partial charge is 0.361 e. The lowest BCUT2D eigenvalue weighted by Gasteiger charge is -2.14. The third-order valence-electron chi connectivity index (χ3n) is 1.54. The van der Waals surface area contributed by atoms with Crippen LogP contribution in [-0.2, 0) is 0 Å². The minimum Gasteiger partial charge on any atom is -0.361 e. The van der Waals surface area contributed by atoms with Crippen molar-refractivity contribution in [1.82, 2.24) is 4.90 Å². The Labute approximate surface area is 69.4 Å². The minimum atomic E-state index is 0.993. The first-order valence-electron chi connectivity index (χ1n) is 3.97. The molecule has 1 nitrogen and oxygen atoms in total. The van der Waals surface area contributed by atoms with E-state index in [1.165, 1.54) is 19.3 Å². The van der Waals surface area contributed by atoms with Crippen LogP contribution in [-0.4, -0.2) is 23.5 Å². The fourth-order valence-electron chi connectivity index (χ4n) is 0.821. The summed E-state index contributed by atoms with van der Waals surface area (Å²) in [4.78, 5) is 2.05. The molecule has 0 fully saturated rings. The van der Waals surface area contributed by atoms with Crippen LogP contribution in [0.4, 0.5) is 0 Å². The summed E-state index contributed by atoms with van der Waals surface area (Å²) in [6, 6.07) is 0. The van der Waals surface area contributed by atoms with E-state index in [0.29, 0.717) is 0 Å². The Hall–Kier alpha value is -0.110. The van der Waals surface area contributed by atoms with E-state index >= 15 is 0 Å². The molecule has 0 aliphatic rings. The van der Waals surface area contributed by atoms with Crippen LogP contribution in [0, 0.1) is 0 Å². The van der Waals surface area contributed by atoms with Crippen LogP contribution in [0.2, 0.25) is 0 Å². The Morgan fingerprint density at radius 1 is 1.30 bits per heavy atom. The molecule has 0 spiro atoms. The number of unbranched alkanes of at least 4 members (excludes halogenated alkanes) is 2. The SMILES string of the molecule is CCCCCN([C]=S)CC. The van der Waals surface area contributed by atoms with Crippen LogP contribution in [0.15, 0.2) is 0 Å². The topological polar surface area (TPSA) is 3.24 Å². The van der Waals surface area contributed by atoms with Crippen LogP contribution in [0.1, 0.15) is 33.1 Å². The van der Waals surface area contributed by atoms with Crippen molar-refractivity contribution in [3.8, 4) is 0 Å². The lowest BCUT2D eigenvalue weighted by Crippen LogP contribution is -2.21. The predicted molar refractivity (Wildman–Crippen MR) is 49.4 cm³/mol. The van der Waals surface area contributed by atoms with Crippen LogP contribution in [0.5, 0.6) is 0 Å². The summed E-state index contributed by atoms with van der Waals surface area (Å²) in [7, 11) is 0. The number of hydrogen-bond acceptors (Lipinski definition) is 1. The molecule has 1 radical (unpaired) electrons. The van der Waals surface area contributed by atoms with Crippen molar-refractivity contribution in [3.63, 3.8) is 0 Å². The van der Waals surface area contributed by atoms with Gasteiger partial charge < -0.3 is 4.90 Å². The van der Waals surface area contributed by atoms with E-state index in [2.05, 4.69) is 19.3 Å². The quantitative estimate of drug-likeness (QED) is 0.331. The molecule has 0 aromatic rings. The molecule has 2 heteroatoms. The molecular weight excluding hydrogens is 142 g/mol. The standard InChI is InChI=1S/C8H16NS/c1-3-5-6-7-9(4-2)8-10/h3-7H2,1-2H3. The first-order valence-corrected chi connectivity index (χ1v) is 4.38. The van der Waals surface area contributed by atoms with E-state index in [4.69, 9.17) is 12.2 Å². The van der Waals surface area contributed by atoms with Gasteiger partial charge in [-0.25, -0.2) is 0 Å². The number of hydrogen-bond donors (Lipinski definition) is 0. The first-order chi connectivity index (χ1) is 4.85. The van der Waals surface area contributed by atoms with E-state index in [9.17, 15) is 0 Å². The molecule has 0 aliphatic carbocycles. The summed E-state index contributed by atoms with van der Waals surface area (Å²) in [5.74, 6) is 0. The number of nitrogens with zero attached hydrogens (tertiary/aromatic N) is 1. The van der Waals surface area contributed by atoms with Gasteiger partial charge in [0.1, 0.15) is 5.49 Å². The molecule has 0 aromatic heterocycles. The maximum Gasteiger partial charge on any atom is 0.136 e.